The van der Waals surface area contributed by atoms with Crippen molar-refractivity contribution in [3.8, 4) is 0 Å². The second-order valence-electron chi connectivity index (χ2n) is 4.40. The van der Waals surface area contributed by atoms with Gasteiger partial charge in [0.05, 0.1) is 5.56 Å². The molecule has 2 N–H and O–H groups in total. The summed E-state index contributed by atoms with van der Waals surface area (Å²) >= 11 is 6.26. The molecule has 0 bridgehead atoms. The molecular formula is C12H12I3NO6S. The van der Waals surface area contributed by atoms with Gasteiger partial charge in [-0.2, -0.15) is 8.42 Å². The lowest BCUT2D eigenvalue weighted by molar-refractivity contribution is -0.144. The van der Waals surface area contributed by atoms with E-state index >= 15 is 0 Å². The van der Waals surface area contributed by atoms with Crippen molar-refractivity contribution in [1.82, 2.24) is 5.32 Å². The maximum absolute atomic E-state index is 12.3. The lowest BCUT2D eigenvalue weighted by Gasteiger charge is -2.14. The van der Waals surface area contributed by atoms with Crippen molar-refractivity contribution in [3.05, 3.63) is 28.4 Å². The van der Waals surface area contributed by atoms with Crippen LogP contribution in [0.15, 0.2) is 12.1 Å². The molecule has 0 saturated carbocycles. The number of esters is 1. The number of carbonyl (C=O) groups is 2. The molecule has 1 unspecified atom stereocenters. The third kappa shape index (κ3) is 7.35. The Morgan fingerprint density at radius 2 is 1.91 bits per heavy atom. The van der Waals surface area contributed by atoms with Crippen LogP contribution in [0.5, 0.6) is 0 Å². The van der Waals surface area contributed by atoms with Crippen LogP contribution in [0.1, 0.15) is 17.3 Å². The Morgan fingerprint density at radius 3 is 2.48 bits per heavy atom. The minimum absolute atomic E-state index is 0.426. The second kappa shape index (κ2) is 9.10. The monoisotopic (exact) mass is 679 g/mol. The maximum atomic E-state index is 12.3. The fraction of sp³-hybridized carbons (Fsp3) is 0.333. The van der Waals surface area contributed by atoms with Crippen LogP contribution in [0.2, 0.25) is 0 Å². The van der Waals surface area contributed by atoms with Crippen molar-refractivity contribution in [2.75, 3.05) is 12.4 Å². The molecule has 1 aromatic carbocycles. The first kappa shape index (κ1) is 21.3. The molecule has 1 aromatic rings. The molecule has 0 spiro atoms. The Balaban J connectivity index is 2.68. The summed E-state index contributed by atoms with van der Waals surface area (Å²) in [5.41, 5.74) is 0.444. The van der Waals surface area contributed by atoms with Gasteiger partial charge in [-0.15, -0.1) is 0 Å². The summed E-state index contributed by atoms with van der Waals surface area (Å²) in [5.74, 6) is -1.89. The molecule has 0 saturated heterocycles. The Morgan fingerprint density at radius 1 is 1.30 bits per heavy atom. The first-order valence-corrected chi connectivity index (χ1v) is 10.9. The molecule has 0 aliphatic rings. The number of nitrogens with one attached hydrogen (secondary N) is 1. The fourth-order valence-corrected chi connectivity index (χ4v) is 4.12. The van der Waals surface area contributed by atoms with Gasteiger partial charge in [-0.1, -0.05) is 0 Å². The molecule has 0 aromatic heterocycles. The predicted molar refractivity (Wildman–Crippen MR) is 109 cm³/mol. The van der Waals surface area contributed by atoms with Gasteiger partial charge in [0.15, 0.2) is 0 Å². The number of benzene rings is 1. The van der Waals surface area contributed by atoms with E-state index in [9.17, 15) is 18.0 Å². The van der Waals surface area contributed by atoms with E-state index < -0.39 is 40.4 Å². The Bertz CT molecular complexity index is 722. The zero-order valence-corrected chi connectivity index (χ0v) is 19.0. The minimum atomic E-state index is -4.19. The van der Waals surface area contributed by atoms with Crippen LogP contribution in [0.3, 0.4) is 0 Å². The highest BCUT2D eigenvalue weighted by atomic mass is 127. The van der Waals surface area contributed by atoms with Crippen molar-refractivity contribution in [2.24, 2.45) is 0 Å². The topological polar surface area (TPSA) is 110 Å². The molecule has 23 heavy (non-hydrogen) atoms. The number of amides is 1. The highest BCUT2D eigenvalue weighted by molar-refractivity contribution is 14.1. The fourth-order valence-electron chi connectivity index (χ4n) is 1.43. The van der Waals surface area contributed by atoms with Crippen molar-refractivity contribution in [3.63, 3.8) is 0 Å². The summed E-state index contributed by atoms with van der Waals surface area (Å²) in [6.07, 6.45) is 0. The summed E-state index contributed by atoms with van der Waals surface area (Å²) in [6.45, 7) is 0.954. The molecule has 1 atom stereocenters. The lowest BCUT2D eigenvalue weighted by Crippen LogP contribution is -2.40. The van der Waals surface area contributed by atoms with E-state index in [0.717, 1.165) is 10.7 Å². The molecule has 0 aliphatic heterocycles. The largest absolute Gasteiger partial charge is 0.463 e. The van der Waals surface area contributed by atoms with Gasteiger partial charge in [-0.25, -0.2) is 4.79 Å². The summed E-state index contributed by atoms with van der Waals surface area (Å²) < 4.78 is 36.9. The van der Waals surface area contributed by atoms with Crippen LogP contribution in [0, 0.1) is 10.7 Å². The number of hydrogen-bond donors (Lipinski definition) is 2. The number of hydrogen-bond acceptors (Lipinski definition) is 5. The second-order valence-corrected chi connectivity index (χ2v) is 9.46. The average Bonchev–Trinajstić information content (AvgIpc) is 2.40. The van der Waals surface area contributed by atoms with Gasteiger partial charge < -0.3 is 10.1 Å². The Kier molecular flexibility index (Phi) is 8.42. The molecule has 0 radical (unpaired) electrons. The van der Waals surface area contributed by atoms with Gasteiger partial charge in [0.1, 0.15) is 18.4 Å². The summed E-state index contributed by atoms with van der Waals surface area (Å²) in [7, 11) is -4.19. The van der Waals surface area contributed by atoms with E-state index in [1.54, 1.807) is 6.07 Å². The maximum Gasteiger partial charge on any atom is 0.328 e. The summed E-state index contributed by atoms with van der Waals surface area (Å²) in [4.78, 5) is 23.9. The first-order valence-electron chi connectivity index (χ1n) is 6.08. The van der Waals surface area contributed by atoms with E-state index in [1.807, 2.05) is 28.7 Å². The van der Waals surface area contributed by atoms with Crippen LogP contribution < -0.4 is 5.32 Å². The molecule has 128 valence electrons. The van der Waals surface area contributed by atoms with Gasteiger partial charge >= 0.3 is 5.97 Å². The Hall–Kier alpha value is 0.260. The van der Waals surface area contributed by atoms with Crippen LogP contribution in [-0.4, -0.2) is 43.2 Å². The van der Waals surface area contributed by atoms with E-state index in [2.05, 4.69) is 50.5 Å². The average molecular weight is 679 g/mol. The van der Waals surface area contributed by atoms with Crippen LogP contribution in [0.25, 0.3) is 0 Å². The van der Waals surface area contributed by atoms with Gasteiger partial charge in [0.25, 0.3) is 16.0 Å². The SMILES string of the molecule is CC(NC(=O)c1cc(I)cc(I)c1I)C(=O)OCCS(=O)(=O)O. The van der Waals surface area contributed by atoms with Gasteiger partial charge in [-0.05, 0) is 86.8 Å². The zero-order valence-electron chi connectivity index (χ0n) is 11.7. The molecule has 0 heterocycles. The lowest BCUT2D eigenvalue weighted by atomic mass is 10.2. The van der Waals surface area contributed by atoms with Gasteiger partial charge in [0.2, 0.25) is 0 Å². The van der Waals surface area contributed by atoms with Crippen molar-refractivity contribution >= 4 is 89.8 Å². The third-order valence-corrected chi connectivity index (χ3v) is 6.87. The highest BCUT2D eigenvalue weighted by Crippen LogP contribution is 2.22. The number of ether oxygens (including phenoxy) is 1. The van der Waals surface area contributed by atoms with E-state index in [4.69, 9.17) is 9.29 Å². The van der Waals surface area contributed by atoms with Crippen molar-refractivity contribution < 1.29 is 27.3 Å². The molecule has 1 amide bonds. The predicted octanol–water partition coefficient (Wildman–Crippen LogP) is 2.05. The quantitative estimate of drug-likeness (QED) is 0.207. The molecule has 0 fully saturated rings. The van der Waals surface area contributed by atoms with Crippen LogP contribution >= 0.6 is 67.8 Å². The molecule has 11 heteroatoms. The van der Waals surface area contributed by atoms with Crippen molar-refractivity contribution in [1.29, 1.82) is 0 Å². The molecule has 0 aliphatic carbocycles. The molecule has 1 rings (SSSR count). The van der Waals surface area contributed by atoms with E-state index in [1.165, 1.54) is 6.92 Å². The van der Waals surface area contributed by atoms with Crippen LogP contribution in [0.4, 0.5) is 0 Å². The van der Waals surface area contributed by atoms with E-state index in [0.29, 0.717) is 5.56 Å². The molecule has 7 nitrogen and oxygen atoms in total. The van der Waals surface area contributed by atoms with Crippen molar-refractivity contribution in [2.45, 2.75) is 13.0 Å². The standard InChI is InChI=1S/C12H12I3NO6S/c1-6(12(18)22-2-3-23(19,20)21)16-11(17)8-4-7(13)5-9(14)10(8)15/h4-6H,2-3H2,1H3,(H,16,17)(H,19,20,21). The number of rotatable bonds is 6. The molecular weight excluding hydrogens is 667 g/mol. The van der Waals surface area contributed by atoms with Crippen LogP contribution in [-0.2, 0) is 19.6 Å². The zero-order chi connectivity index (χ0) is 17.8. The van der Waals surface area contributed by atoms with Gasteiger partial charge in [0, 0.05) is 10.7 Å². The highest BCUT2D eigenvalue weighted by Gasteiger charge is 2.21. The first-order chi connectivity index (χ1) is 10.5. The summed E-state index contributed by atoms with van der Waals surface area (Å²) in [6, 6.07) is 2.68. The van der Waals surface area contributed by atoms with Gasteiger partial charge in [-0.3, -0.25) is 9.35 Å². The third-order valence-electron chi connectivity index (χ3n) is 2.52. The number of halogens is 3. The minimum Gasteiger partial charge on any atom is -0.463 e. The number of carbonyl (C=O) groups excluding carboxylic acids is 2. The summed E-state index contributed by atoms with van der Waals surface area (Å²) in [5, 5.41) is 2.50. The van der Waals surface area contributed by atoms with E-state index in [-0.39, 0.29) is 0 Å². The smallest absolute Gasteiger partial charge is 0.328 e. The normalized spacial score (nSPS) is 12.6. The Labute approximate surface area is 174 Å².